The number of fused-ring (bicyclic) bond motifs is 2. The Bertz CT molecular complexity index is 1480. The van der Waals surface area contributed by atoms with Gasteiger partial charge in [-0.05, 0) is 30.5 Å². The molecule has 5 amide bonds. The molecule has 1 aromatic carbocycles. The topological polar surface area (TPSA) is 143 Å². The molecule has 36 heavy (non-hydrogen) atoms. The van der Waals surface area contributed by atoms with Gasteiger partial charge in [0.15, 0.2) is 22.7 Å². The molecule has 6 rings (SSSR count). The zero-order valence-corrected chi connectivity index (χ0v) is 19.0. The fraction of sp³-hybridized carbons (Fsp3) is 0.292. The molecule has 1 atom stereocenters. The van der Waals surface area contributed by atoms with Crippen LogP contribution in [0.15, 0.2) is 34.9 Å². The molecule has 3 aliphatic rings. The molecule has 184 valence electrons. The van der Waals surface area contributed by atoms with E-state index in [4.69, 9.17) is 9.15 Å². The standard InChI is InChI=1S/C24H20FN5O6/c1-35-15-5-2-11-9-30(21(32)18(11)19(15)25)10-24(22(33)28-23(34)29-24)17-7-14-16(36-17)6-12(8-26-14)20(31)27-13-3-4-13/h2,5-8,13H,3-4,9-10H2,1H3,(H,27,31)(H2,28,29,33,34)/t24-/m0/s1. The molecule has 0 spiro atoms. The number of nitrogens with one attached hydrogen (secondary N) is 3. The van der Waals surface area contributed by atoms with Gasteiger partial charge >= 0.3 is 6.03 Å². The van der Waals surface area contributed by atoms with Crippen molar-refractivity contribution in [2.75, 3.05) is 13.7 Å². The zero-order valence-electron chi connectivity index (χ0n) is 19.0. The van der Waals surface area contributed by atoms with E-state index in [0.717, 1.165) is 12.8 Å². The number of urea groups is 1. The molecule has 0 bridgehead atoms. The lowest BCUT2D eigenvalue weighted by molar-refractivity contribution is -0.125. The highest BCUT2D eigenvalue weighted by Gasteiger charge is 2.53. The molecule has 3 aromatic rings. The van der Waals surface area contributed by atoms with Gasteiger partial charge in [-0.25, -0.2) is 9.18 Å². The maximum atomic E-state index is 14.8. The van der Waals surface area contributed by atoms with Crippen LogP contribution in [0.1, 0.15) is 44.9 Å². The third-order valence-corrected chi connectivity index (χ3v) is 6.61. The quantitative estimate of drug-likeness (QED) is 0.442. The first-order chi connectivity index (χ1) is 17.3. The number of hydrogen-bond donors (Lipinski definition) is 3. The summed E-state index contributed by atoms with van der Waals surface area (Å²) in [6.07, 6.45) is 3.26. The van der Waals surface area contributed by atoms with Crippen molar-refractivity contribution in [3.05, 3.63) is 58.7 Å². The van der Waals surface area contributed by atoms with E-state index in [-0.39, 0.29) is 47.7 Å². The SMILES string of the molecule is COc1ccc2c(c1F)C(=O)N(C[C@@]1(c3cc4ncc(C(=O)NC5CC5)cc4o3)NC(=O)NC1=O)C2. The van der Waals surface area contributed by atoms with Gasteiger partial charge in [0.2, 0.25) is 0 Å². The minimum absolute atomic E-state index is 0.0178. The molecular formula is C24H20FN5O6. The Hall–Kier alpha value is -4.48. The number of carbonyl (C=O) groups is 4. The van der Waals surface area contributed by atoms with Gasteiger partial charge in [-0.15, -0.1) is 0 Å². The van der Waals surface area contributed by atoms with Crippen LogP contribution < -0.4 is 20.7 Å². The van der Waals surface area contributed by atoms with Gasteiger partial charge in [-0.1, -0.05) is 6.07 Å². The molecule has 2 aliphatic heterocycles. The van der Waals surface area contributed by atoms with E-state index in [0.29, 0.717) is 16.6 Å². The average Bonchev–Trinajstić information content (AvgIpc) is 3.34. The van der Waals surface area contributed by atoms with Crippen LogP contribution in [0.3, 0.4) is 0 Å². The van der Waals surface area contributed by atoms with Crippen LogP contribution in [0, 0.1) is 5.82 Å². The summed E-state index contributed by atoms with van der Waals surface area (Å²) in [6.45, 7) is -0.307. The highest BCUT2D eigenvalue weighted by molar-refractivity contribution is 6.08. The van der Waals surface area contributed by atoms with Crippen LogP contribution in [-0.4, -0.2) is 53.3 Å². The Morgan fingerprint density at radius 2 is 2.11 bits per heavy atom. The average molecular weight is 493 g/mol. The third-order valence-electron chi connectivity index (χ3n) is 6.61. The highest BCUT2D eigenvalue weighted by atomic mass is 19.1. The van der Waals surface area contributed by atoms with E-state index in [1.54, 1.807) is 6.07 Å². The monoisotopic (exact) mass is 493 g/mol. The maximum Gasteiger partial charge on any atom is 0.322 e. The Morgan fingerprint density at radius 1 is 1.31 bits per heavy atom. The second-order valence-electron chi connectivity index (χ2n) is 9.06. The lowest BCUT2D eigenvalue weighted by Crippen LogP contribution is -2.52. The fourth-order valence-electron chi connectivity index (χ4n) is 4.57. The number of ether oxygens (including phenoxy) is 1. The summed E-state index contributed by atoms with van der Waals surface area (Å²) in [4.78, 5) is 56.3. The van der Waals surface area contributed by atoms with Gasteiger partial charge in [-0.2, -0.15) is 0 Å². The number of pyridine rings is 1. The van der Waals surface area contributed by atoms with E-state index in [2.05, 4.69) is 20.9 Å². The van der Waals surface area contributed by atoms with Crippen molar-refractivity contribution in [1.29, 1.82) is 0 Å². The molecule has 11 nitrogen and oxygen atoms in total. The summed E-state index contributed by atoms with van der Waals surface area (Å²) < 4.78 is 25.7. The largest absolute Gasteiger partial charge is 0.494 e. The molecule has 0 unspecified atom stereocenters. The van der Waals surface area contributed by atoms with Gasteiger partial charge in [0.1, 0.15) is 11.3 Å². The molecule has 0 radical (unpaired) electrons. The molecule has 2 aromatic heterocycles. The van der Waals surface area contributed by atoms with Crippen molar-refractivity contribution in [2.45, 2.75) is 31.0 Å². The van der Waals surface area contributed by atoms with E-state index in [9.17, 15) is 23.6 Å². The number of rotatable bonds is 6. The predicted octanol–water partition coefficient (Wildman–Crippen LogP) is 1.56. The van der Waals surface area contributed by atoms with E-state index in [1.807, 2.05) is 0 Å². The zero-order chi connectivity index (χ0) is 25.2. The second-order valence-corrected chi connectivity index (χ2v) is 9.06. The summed E-state index contributed by atoms with van der Waals surface area (Å²) in [5.74, 6) is -2.51. The molecule has 1 saturated heterocycles. The number of hydrogen-bond acceptors (Lipinski definition) is 7. The Morgan fingerprint density at radius 3 is 2.81 bits per heavy atom. The fourth-order valence-corrected chi connectivity index (χ4v) is 4.57. The molecule has 2 fully saturated rings. The van der Waals surface area contributed by atoms with Gasteiger partial charge in [0, 0.05) is 24.8 Å². The first kappa shape index (κ1) is 22.0. The summed E-state index contributed by atoms with van der Waals surface area (Å²) in [5.41, 5.74) is -0.630. The van der Waals surface area contributed by atoms with E-state index >= 15 is 0 Å². The normalized spacial score (nSPS) is 20.9. The minimum Gasteiger partial charge on any atom is -0.494 e. The Kier molecular flexibility index (Phi) is 4.75. The molecule has 1 saturated carbocycles. The number of aromatic nitrogens is 1. The molecule has 1 aliphatic carbocycles. The number of imide groups is 1. The summed E-state index contributed by atoms with van der Waals surface area (Å²) >= 11 is 0. The number of halogens is 1. The van der Waals surface area contributed by atoms with Gasteiger partial charge in [0.25, 0.3) is 17.7 Å². The number of benzene rings is 1. The maximum absolute atomic E-state index is 14.8. The smallest absolute Gasteiger partial charge is 0.322 e. The summed E-state index contributed by atoms with van der Waals surface area (Å²) in [7, 11) is 1.30. The van der Waals surface area contributed by atoms with Gasteiger partial charge < -0.3 is 24.7 Å². The van der Waals surface area contributed by atoms with Gasteiger partial charge in [-0.3, -0.25) is 24.7 Å². The van der Waals surface area contributed by atoms with Gasteiger partial charge in [0.05, 0.1) is 24.8 Å². The summed E-state index contributed by atoms with van der Waals surface area (Å²) in [5, 5.41) is 7.61. The first-order valence-corrected chi connectivity index (χ1v) is 11.3. The van der Waals surface area contributed by atoms with E-state index < -0.39 is 29.2 Å². The lowest BCUT2D eigenvalue weighted by atomic mass is 9.95. The van der Waals surface area contributed by atoms with Crippen LogP contribution in [-0.2, 0) is 16.9 Å². The predicted molar refractivity (Wildman–Crippen MR) is 121 cm³/mol. The van der Waals surface area contributed by atoms with E-state index in [1.165, 1.54) is 36.4 Å². The van der Waals surface area contributed by atoms with Crippen molar-refractivity contribution < 1.29 is 32.7 Å². The Balaban J connectivity index is 1.35. The number of carbonyl (C=O) groups excluding carboxylic acids is 4. The summed E-state index contributed by atoms with van der Waals surface area (Å²) in [6, 6.07) is 5.37. The highest BCUT2D eigenvalue weighted by Crippen LogP contribution is 2.36. The van der Waals surface area contributed by atoms with Crippen molar-refractivity contribution in [3.63, 3.8) is 0 Å². The number of methoxy groups -OCH3 is 1. The van der Waals surface area contributed by atoms with Crippen LogP contribution >= 0.6 is 0 Å². The van der Waals surface area contributed by atoms with Crippen molar-refractivity contribution >= 4 is 34.9 Å². The van der Waals surface area contributed by atoms with Crippen molar-refractivity contribution in [2.24, 2.45) is 0 Å². The first-order valence-electron chi connectivity index (χ1n) is 11.3. The lowest BCUT2D eigenvalue weighted by Gasteiger charge is -2.28. The van der Waals surface area contributed by atoms with Crippen LogP contribution in [0.2, 0.25) is 0 Å². The number of amides is 5. The van der Waals surface area contributed by atoms with Crippen LogP contribution in [0.4, 0.5) is 9.18 Å². The Labute approximate surface area is 203 Å². The van der Waals surface area contributed by atoms with Crippen LogP contribution in [0.5, 0.6) is 5.75 Å². The van der Waals surface area contributed by atoms with Crippen molar-refractivity contribution in [1.82, 2.24) is 25.8 Å². The number of nitrogens with zero attached hydrogens (tertiary/aromatic N) is 2. The minimum atomic E-state index is -1.79. The molecule has 12 heteroatoms. The molecule has 3 N–H and O–H groups in total. The van der Waals surface area contributed by atoms with Crippen molar-refractivity contribution in [3.8, 4) is 5.75 Å². The second kappa shape index (κ2) is 7.77. The third kappa shape index (κ3) is 3.36. The molecule has 4 heterocycles. The number of furan rings is 1. The van der Waals surface area contributed by atoms with Crippen LogP contribution in [0.25, 0.3) is 11.1 Å². The molecular weight excluding hydrogens is 473 g/mol.